The van der Waals surface area contributed by atoms with E-state index in [-0.39, 0.29) is 0 Å². The van der Waals surface area contributed by atoms with E-state index in [1.165, 1.54) is 12.1 Å². The Balaban J connectivity index is 2.13. The average Bonchev–Trinajstić information content (AvgIpc) is 2.91. The zero-order chi connectivity index (χ0) is 16.6. The van der Waals surface area contributed by atoms with Crippen LogP contribution in [0, 0.1) is 4.91 Å². The smallest absolute Gasteiger partial charge is 0.341 e. The lowest BCUT2D eigenvalue weighted by Gasteiger charge is -2.10. The Labute approximate surface area is 130 Å². The lowest BCUT2D eigenvalue weighted by molar-refractivity contribution is -0.137. The molecule has 0 aliphatic carbocycles. The number of nitroso groups, excluding NO2 is 1. The minimum Gasteiger partial charge on any atom is -0.341 e. The molecule has 0 spiro atoms. The summed E-state index contributed by atoms with van der Waals surface area (Å²) in [4.78, 5) is 10.6. The molecule has 0 unspecified atom stereocenters. The first-order chi connectivity index (χ1) is 10.9. The molecule has 2 aromatic carbocycles. The van der Waals surface area contributed by atoms with Gasteiger partial charge < -0.3 is 4.57 Å². The van der Waals surface area contributed by atoms with Gasteiger partial charge in [0.15, 0.2) is 0 Å². The largest absolute Gasteiger partial charge is 0.416 e. The summed E-state index contributed by atoms with van der Waals surface area (Å²) in [5.74, 6) is 0. The Bertz CT molecular complexity index is 864. The summed E-state index contributed by atoms with van der Waals surface area (Å²) in [5, 5.41) is 3.74. The maximum atomic E-state index is 12.7. The Morgan fingerprint density at radius 1 is 1.04 bits per heavy atom. The highest BCUT2D eigenvalue weighted by Crippen LogP contribution is 2.33. The predicted molar refractivity (Wildman–Crippen MR) is 83.5 cm³/mol. The monoisotopic (exact) mass is 318 g/mol. The molecule has 1 aromatic heterocycles. The van der Waals surface area contributed by atoms with Gasteiger partial charge in [0, 0.05) is 23.1 Å². The highest BCUT2D eigenvalue weighted by Gasteiger charge is 2.30. The van der Waals surface area contributed by atoms with E-state index in [9.17, 15) is 18.1 Å². The first kappa shape index (κ1) is 15.3. The van der Waals surface area contributed by atoms with Gasteiger partial charge in [-0.15, -0.1) is 4.91 Å². The number of alkyl halides is 3. The van der Waals surface area contributed by atoms with E-state index in [4.69, 9.17) is 0 Å². The molecule has 3 rings (SSSR count). The molecule has 1 heterocycles. The standard InChI is InChI=1S/C17H13F3N2O/c1-2-22-15-8-7-14(21-23)9-12(15)10-16(22)11-3-5-13(6-4-11)17(18,19)20/h3-10H,2H2,1H3. The average molecular weight is 318 g/mol. The summed E-state index contributed by atoms with van der Waals surface area (Å²) in [6.07, 6.45) is -4.35. The van der Waals surface area contributed by atoms with Gasteiger partial charge in [0.1, 0.15) is 5.69 Å². The number of fused-ring (bicyclic) bond motifs is 1. The summed E-state index contributed by atoms with van der Waals surface area (Å²) in [6.45, 7) is 2.62. The van der Waals surface area contributed by atoms with Gasteiger partial charge in [-0.2, -0.15) is 13.2 Å². The summed E-state index contributed by atoms with van der Waals surface area (Å²) < 4.78 is 40.0. The zero-order valence-electron chi connectivity index (χ0n) is 12.3. The number of hydrogen-bond acceptors (Lipinski definition) is 2. The van der Waals surface area contributed by atoms with Crippen LogP contribution in [0.5, 0.6) is 0 Å². The van der Waals surface area contributed by atoms with Gasteiger partial charge in [-0.05, 0) is 54.1 Å². The van der Waals surface area contributed by atoms with E-state index in [0.29, 0.717) is 17.8 Å². The van der Waals surface area contributed by atoms with Crippen LogP contribution < -0.4 is 0 Å². The van der Waals surface area contributed by atoms with Crippen molar-refractivity contribution in [3.63, 3.8) is 0 Å². The van der Waals surface area contributed by atoms with Crippen molar-refractivity contribution in [1.29, 1.82) is 0 Å². The first-order valence-corrected chi connectivity index (χ1v) is 7.08. The van der Waals surface area contributed by atoms with Crippen molar-refractivity contribution in [2.45, 2.75) is 19.6 Å². The molecule has 6 heteroatoms. The van der Waals surface area contributed by atoms with E-state index in [1.807, 2.05) is 17.6 Å². The third kappa shape index (κ3) is 2.72. The maximum absolute atomic E-state index is 12.7. The van der Waals surface area contributed by atoms with Crippen LogP contribution in [0.25, 0.3) is 22.2 Å². The Morgan fingerprint density at radius 3 is 2.30 bits per heavy atom. The number of hydrogen-bond donors (Lipinski definition) is 0. The molecular weight excluding hydrogens is 305 g/mol. The van der Waals surface area contributed by atoms with Gasteiger partial charge >= 0.3 is 6.18 Å². The molecule has 0 aliphatic rings. The molecule has 0 N–H and O–H groups in total. The molecule has 3 aromatic rings. The maximum Gasteiger partial charge on any atom is 0.416 e. The fourth-order valence-corrected chi connectivity index (χ4v) is 2.72. The van der Waals surface area contributed by atoms with Crippen molar-refractivity contribution in [3.8, 4) is 11.3 Å². The van der Waals surface area contributed by atoms with E-state index in [2.05, 4.69) is 5.18 Å². The fraction of sp³-hybridized carbons (Fsp3) is 0.176. The van der Waals surface area contributed by atoms with Crippen LogP contribution in [0.15, 0.2) is 53.7 Å². The number of aryl methyl sites for hydroxylation is 1. The molecule has 0 radical (unpaired) electrons. The SMILES string of the molecule is CCn1c(-c2ccc(C(F)(F)F)cc2)cc2cc(N=O)ccc21. The molecule has 0 saturated carbocycles. The highest BCUT2D eigenvalue weighted by molar-refractivity contribution is 5.89. The topological polar surface area (TPSA) is 34.4 Å². The van der Waals surface area contributed by atoms with Gasteiger partial charge in [0.25, 0.3) is 0 Å². The molecule has 0 bridgehead atoms. The molecule has 0 fully saturated rings. The van der Waals surface area contributed by atoms with Crippen LogP contribution in [0.2, 0.25) is 0 Å². The minimum atomic E-state index is -4.35. The Morgan fingerprint density at radius 2 is 1.74 bits per heavy atom. The van der Waals surface area contributed by atoms with Gasteiger partial charge in [-0.3, -0.25) is 0 Å². The minimum absolute atomic E-state index is 0.324. The molecule has 23 heavy (non-hydrogen) atoms. The van der Waals surface area contributed by atoms with Crippen LogP contribution in [0.3, 0.4) is 0 Å². The molecular formula is C17H13F3N2O. The molecule has 0 atom stereocenters. The summed E-state index contributed by atoms with van der Waals surface area (Å²) in [6, 6.07) is 12.0. The van der Waals surface area contributed by atoms with Gasteiger partial charge in [-0.25, -0.2) is 0 Å². The molecule has 0 saturated heterocycles. The van der Waals surface area contributed by atoms with E-state index >= 15 is 0 Å². The Hall–Kier alpha value is -2.63. The zero-order valence-corrected chi connectivity index (χ0v) is 12.3. The van der Waals surface area contributed by atoms with Crippen LogP contribution in [-0.4, -0.2) is 4.57 Å². The Kier molecular flexibility index (Phi) is 3.67. The number of aromatic nitrogens is 1. The quantitative estimate of drug-likeness (QED) is 0.567. The molecule has 118 valence electrons. The van der Waals surface area contributed by atoms with Crippen molar-refractivity contribution < 1.29 is 13.2 Å². The number of rotatable bonds is 3. The number of halogens is 3. The third-order valence-corrected chi connectivity index (χ3v) is 3.81. The fourth-order valence-electron chi connectivity index (χ4n) is 2.72. The second-order valence-corrected chi connectivity index (χ2v) is 5.18. The van der Waals surface area contributed by atoms with Crippen molar-refractivity contribution >= 4 is 16.6 Å². The lowest BCUT2D eigenvalue weighted by Crippen LogP contribution is -2.04. The van der Waals surface area contributed by atoms with E-state index in [0.717, 1.165) is 28.7 Å². The van der Waals surface area contributed by atoms with Crippen molar-refractivity contribution in [2.24, 2.45) is 5.18 Å². The van der Waals surface area contributed by atoms with Gasteiger partial charge in [-0.1, -0.05) is 12.1 Å². The molecule has 3 nitrogen and oxygen atoms in total. The summed E-state index contributed by atoms with van der Waals surface area (Å²) in [5.41, 5.74) is 2.06. The second kappa shape index (κ2) is 5.53. The van der Waals surface area contributed by atoms with Crippen molar-refractivity contribution in [1.82, 2.24) is 4.57 Å². The normalized spacial score (nSPS) is 11.8. The van der Waals surface area contributed by atoms with E-state index < -0.39 is 11.7 Å². The lowest BCUT2D eigenvalue weighted by atomic mass is 10.1. The highest BCUT2D eigenvalue weighted by atomic mass is 19.4. The second-order valence-electron chi connectivity index (χ2n) is 5.18. The van der Waals surface area contributed by atoms with Gasteiger partial charge in [0.2, 0.25) is 0 Å². The van der Waals surface area contributed by atoms with Crippen LogP contribution >= 0.6 is 0 Å². The molecule has 0 aliphatic heterocycles. The number of benzene rings is 2. The molecule has 0 amide bonds. The first-order valence-electron chi connectivity index (χ1n) is 7.08. The van der Waals surface area contributed by atoms with Crippen LogP contribution in [0.1, 0.15) is 12.5 Å². The van der Waals surface area contributed by atoms with Crippen LogP contribution in [-0.2, 0) is 12.7 Å². The summed E-state index contributed by atoms with van der Waals surface area (Å²) >= 11 is 0. The van der Waals surface area contributed by atoms with Crippen LogP contribution in [0.4, 0.5) is 18.9 Å². The van der Waals surface area contributed by atoms with Crippen molar-refractivity contribution in [2.75, 3.05) is 0 Å². The predicted octanol–water partition coefficient (Wildman–Crippen LogP) is 5.74. The van der Waals surface area contributed by atoms with E-state index in [1.54, 1.807) is 18.2 Å². The summed E-state index contributed by atoms with van der Waals surface area (Å²) in [7, 11) is 0. The number of nitrogens with zero attached hydrogens (tertiary/aromatic N) is 2. The third-order valence-electron chi connectivity index (χ3n) is 3.81. The van der Waals surface area contributed by atoms with Crippen molar-refractivity contribution in [3.05, 3.63) is 59.0 Å². The van der Waals surface area contributed by atoms with Gasteiger partial charge in [0.05, 0.1) is 5.56 Å².